The molecule has 0 bridgehead atoms. The summed E-state index contributed by atoms with van der Waals surface area (Å²) in [5, 5.41) is 4.01. The SMILES string of the molecule is c1cc2c(cc1-c1noc(CSC3=NCCS3)n1)OCO2. The summed E-state index contributed by atoms with van der Waals surface area (Å²) in [4.78, 5) is 8.79. The second-order valence-corrected chi connectivity index (χ2v) is 6.67. The zero-order valence-corrected chi connectivity index (χ0v) is 12.6. The Balaban J connectivity index is 1.48. The van der Waals surface area contributed by atoms with Crippen molar-refractivity contribution in [2.75, 3.05) is 19.1 Å². The van der Waals surface area contributed by atoms with Crippen molar-refractivity contribution < 1.29 is 14.0 Å². The van der Waals surface area contributed by atoms with Gasteiger partial charge in [0, 0.05) is 11.3 Å². The van der Waals surface area contributed by atoms with E-state index >= 15 is 0 Å². The van der Waals surface area contributed by atoms with Gasteiger partial charge in [0.2, 0.25) is 18.5 Å². The molecule has 0 fully saturated rings. The van der Waals surface area contributed by atoms with Crippen LogP contribution in [0, 0.1) is 0 Å². The Bertz CT molecular complexity index is 702. The molecule has 3 heterocycles. The molecule has 0 atom stereocenters. The van der Waals surface area contributed by atoms with Crippen molar-refractivity contribution in [3.8, 4) is 22.9 Å². The van der Waals surface area contributed by atoms with Crippen molar-refractivity contribution >= 4 is 27.9 Å². The minimum Gasteiger partial charge on any atom is -0.454 e. The van der Waals surface area contributed by atoms with E-state index in [-0.39, 0.29) is 6.79 Å². The number of aliphatic imine (C=N–C) groups is 1. The van der Waals surface area contributed by atoms with Crippen LogP contribution in [-0.2, 0) is 5.75 Å². The first-order valence-electron chi connectivity index (χ1n) is 6.41. The molecule has 0 unspecified atom stereocenters. The Labute approximate surface area is 129 Å². The molecule has 0 spiro atoms. The summed E-state index contributed by atoms with van der Waals surface area (Å²) >= 11 is 3.41. The first kappa shape index (κ1) is 13.0. The lowest BCUT2D eigenvalue weighted by atomic mass is 10.2. The standard InChI is InChI=1S/C13H11N3O3S2/c1-2-9-10(18-7-17-9)5-8(1)12-15-11(19-16-12)6-21-13-14-3-4-20-13/h1-2,5H,3-4,6-7H2. The van der Waals surface area contributed by atoms with Gasteiger partial charge >= 0.3 is 0 Å². The molecule has 21 heavy (non-hydrogen) atoms. The van der Waals surface area contributed by atoms with Crippen molar-refractivity contribution in [1.29, 1.82) is 0 Å². The van der Waals surface area contributed by atoms with Crippen molar-refractivity contribution in [1.82, 2.24) is 10.1 Å². The highest BCUT2D eigenvalue weighted by Crippen LogP contribution is 2.35. The fourth-order valence-electron chi connectivity index (χ4n) is 1.99. The van der Waals surface area contributed by atoms with Gasteiger partial charge in [-0.2, -0.15) is 4.98 Å². The van der Waals surface area contributed by atoms with Gasteiger partial charge in [-0.05, 0) is 18.2 Å². The molecule has 0 saturated carbocycles. The minimum absolute atomic E-state index is 0.257. The number of rotatable bonds is 3. The second kappa shape index (κ2) is 5.61. The van der Waals surface area contributed by atoms with E-state index < -0.39 is 0 Å². The molecular formula is C13H11N3O3S2. The second-order valence-electron chi connectivity index (χ2n) is 4.36. The van der Waals surface area contributed by atoms with E-state index in [1.165, 1.54) is 0 Å². The van der Waals surface area contributed by atoms with Crippen LogP contribution in [0.2, 0.25) is 0 Å². The maximum atomic E-state index is 5.35. The highest BCUT2D eigenvalue weighted by molar-refractivity contribution is 8.38. The normalized spacial score (nSPS) is 16.3. The van der Waals surface area contributed by atoms with Gasteiger partial charge in [-0.3, -0.25) is 4.99 Å². The smallest absolute Gasteiger partial charge is 0.237 e. The molecule has 6 nitrogen and oxygen atoms in total. The molecule has 2 aliphatic rings. The minimum atomic E-state index is 0.257. The summed E-state index contributed by atoms with van der Waals surface area (Å²) in [5.74, 6) is 4.32. The predicted octanol–water partition coefficient (Wildman–Crippen LogP) is 2.80. The Morgan fingerprint density at radius 3 is 3.10 bits per heavy atom. The number of thioether (sulfide) groups is 2. The van der Waals surface area contributed by atoms with Gasteiger partial charge < -0.3 is 14.0 Å². The summed E-state index contributed by atoms with van der Waals surface area (Å²) < 4.78 is 17.0. The molecule has 1 aromatic carbocycles. The highest BCUT2D eigenvalue weighted by atomic mass is 32.2. The van der Waals surface area contributed by atoms with Crippen LogP contribution in [0.4, 0.5) is 0 Å². The lowest BCUT2D eigenvalue weighted by Crippen LogP contribution is -1.92. The molecule has 2 aromatic rings. The Hall–Kier alpha value is -1.67. The third-order valence-corrected chi connectivity index (χ3v) is 5.21. The Morgan fingerprint density at radius 2 is 2.19 bits per heavy atom. The number of nitrogens with zero attached hydrogens (tertiary/aromatic N) is 3. The van der Waals surface area contributed by atoms with Crippen LogP contribution in [-0.4, -0.2) is 33.6 Å². The molecular weight excluding hydrogens is 310 g/mol. The van der Waals surface area contributed by atoms with Crippen molar-refractivity contribution in [3.05, 3.63) is 24.1 Å². The fraction of sp³-hybridized carbons (Fsp3) is 0.308. The zero-order valence-electron chi connectivity index (χ0n) is 10.9. The number of hydrogen-bond donors (Lipinski definition) is 0. The number of ether oxygens (including phenoxy) is 2. The van der Waals surface area contributed by atoms with Gasteiger partial charge in [-0.1, -0.05) is 28.7 Å². The third-order valence-electron chi connectivity index (χ3n) is 2.98. The van der Waals surface area contributed by atoms with Gasteiger partial charge in [0.15, 0.2) is 11.5 Å². The molecule has 0 aliphatic carbocycles. The van der Waals surface area contributed by atoms with Gasteiger partial charge in [0.05, 0.1) is 12.3 Å². The van der Waals surface area contributed by atoms with E-state index in [0.29, 0.717) is 23.2 Å². The molecule has 2 aliphatic heterocycles. The monoisotopic (exact) mass is 321 g/mol. The molecule has 0 radical (unpaired) electrons. The number of hydrogen-bond acceptors (Lipinski definition) is 8. The number of aromatic nitrogens is 2. The molecule has 108 valence electrons. The predicted molar refractivity (Wildman–Crippen MR) is 81.9 cm³/mol. The maximum Gasteiger partial charge on any atom is 0.237 e. The van der Waals surface area contributed by atoms with Crippen molar-refractivity contribution in [2.24, 2.45) is 4.99 Å². The highest BCUT2D eigenvalue weighted by Gasteiger charge is 2.17. The quantitative estimate of drug-likeness (QED) is 0.861. The summed E-state index contributed by atoms with van der Waals surface area (Å²) in [6, 6.07) is 5.61. The summed E-state index contributed by atoms with van der Waals surface area (Å²) in [6.07, 6.45) is 0. The molecule has 0 saturated heterocycles. The van der Waals surface area contributed by atoms with E-state index in [0.717, 1.165) is 28.0 Å². The third kappa shape index (κ3) is 2.73. The van der Waals surface area contributed by atoms with E-state index in [1.807, 2.05) is 18.2 Å². The van der Waals surface area contributed by atoms with Crippen LogP contribution in [0.1, 0.15) is 5.89 Å². The van der Waals surface area contributed by atoms with Crippen LogP contribution in [0.15, 0.2) is 27.7 Å². The van der Waals surface area contributed by atoms with Crippen LogP contribution in [0.5, 0.6) is 11.5 Å². The first-order chi connectivity index (χ1) is 10.4. The van der Waals surface area contributed by atoms with Crippen molar-refractivity contribution in [2.45, 2.75) is 5.75 Å². The van der Waals surface area contributed by atoms with Gasteiger partial charge in [-0.25, -0.2) is 0 Å². The first-order valence-corrected chi connectivity index (χ1v) is 8.38. The lowest BCUT2D eigenvalue weighted by molar-refractivity contribution is 0.174. The fourth-order valence-corrected chi connectivity index (χ4v) is 3.84. The topological polar surface area (TPSA) is 69.7 Å². The Kier molecular flexibility index (Phi) is 3.48. The van der Waals surface area contributed by atoms with Crippen LogP contribution < -0.4 is 9.47 Å². The van der Waals surface area contributed by atoms with Crippen LogP contribution >= 0.6 is 23.5 Å². The summed E-state index contributed by atoms with van der Waals surface area (Å²) in [6.45, 7) is 1.16. The van der Waals surface area contributed by atoms with Crippen LogP contribution in [0.3, 0.4) is 0 Å². The number of benzene rings is 1. The largest absolute Gasteiger partial charge is 0.454 e. The molecule has 0 amide bonds. The summed E-state index contributed by atoms with van der Waals surface area (Å²) in [5.41, 5.74) is 0.854. The van der Waals surface area contributed by atoms with Gasteiger partial charge in [0.25, 0.3) is 0 Å². The van der Waals surface area contributed by atoms with E-state index in [4.69, 9.17) is 14.0 Å². The van der Waals surface area contributed by atoms with E-state index in [2.05, 4.69) is 15.1 Å². The average Bonchev–Trinajstić information content (AvgIpc) is 3.25. The molecule has 1 aromatic heterocycles. The van der Waals surface area contributed by atoms with Crippen LogP contribution in [0.25, 0.3) is 11.4 Å². The Morgan fingerprint density at radius 1 is 1.24 bits per heavy atom. The van der Waals surface area contributed by atoms with E-state index in [9.17, 15) is 0 Å². The molecule has 0 N–H and O–H groups in total. The van der Waals surface area contributed by atoms with Crippen molar-refractivity contribution in [3.63, 3.8) is 0 Å². The van der Waals surface area contributed by atoms with Gasteiger partial charge in [-0.15, -0.1) is 0 Å². The maximum absolute atomic E-state index is 5.35. The molecule has 4 rings (SSSR count). The number of fused-ring (bicyclic) bond motifs is 1. The average molecular weight is 321 g/mol. The lowest BCUT2D eigenvalue weighted by Gasteiger charge is -1.97. The summed E-state index contributed by atoms with van der Waals surface area (Å²) in [7, 11) is 0. The molecule has 8 heteroatoms. The van der Waals surface area contributed by atoms with Gasteiger partial charge in [0.1, 0.15) is 4.38 Å². The van der Waals surface area contributed by atoms with E-state index in [1.54, 1.807) is 23.5 Å². The zero-order chi connectivity index (χ0) is 14.1.